The molecule has 1 amide bonds. The van der Waals surface area contributed by atoms with Gasteiger partial charge in [-0.05, 0) is 53.6 Å². The van der Waals surface area contributed by atoms with Gasteiger partial charge in [-0.3, -0.25) is 4.79 Å². The van der Waals surface area contributed by atoms with Gasteiger partial charge in [0.25, 0.3) is 5.91 Å². The van der Waals surface area contributed by atoms with Gasteiger partial charge in [0, 0.05) is 22.8 Å². The van der Waals surface area contributed by atoms with Crippen LogP contribution in [0.15, 0.2) is 91.0 Å². The summed E-state index contributed by atoms with van der Waals surface area (Å²) in [5, 5.41) is 4.53. The van der Waals surface area contributed by atoms with Gasteiger partial charge in [-0.15, -0.1) is 0 Å². The third kappa shape index (κ3) is 4.99. The minimum absolute atomic E-state index is 0.0280. The number of rotatable bonds is 7. The molecule has 5 nitrogen and oxygen atoms in total. The van der Waals surface area contributed by atoms with Gasteiger partial charge >= 0.3 is 0 Å². The molecule has 0 aliphatic carbocycles. The molecule has 0 spiro atoms. The van der Waals surface area contributed by atoms with Crippen LogP contribution in [0.1, 0.15) is 33.2 Å². The van der Waals surface area contributed by atoms with Crippen molar-refractivity contribution in [2.24, 2.45) is 0 Å². The van der Waals surface area contributed by atoms with Gasteiger partial charge in [0.2, 0.25) is 0 Å². The van der Waals surface area contributed by atoms with E-state index >= 15 is 0 Å². The number of halogens is 2. The lowest BCUT2D eigenvalue weighted by Crippen LogP contribution is -2.42. The van der Waals surface area contributed by atoms with Crippen molar-refractivity contribution in [1.29, 1.82) is 0 Å². The Kier molecular flexibility index (Phi) is 7.03. The predicted octanol–water partition coefficient (Wildman–Crippen LogP) is 7.35. The van der Waals surface area contributed by atoms with Crippen molar-refractivity contribution in [3.05, 3.63) is 123 Å². The van der Waals surface area contributed by atoms with E-state index in [1.165, 1.54) is 0 Å². The third-order valence-corrected chi connectivity index (χ3v) is 6.65. The summed E-state index contributed by atoms with van der Waals surface area (Å²) in [5.41, 5.74) is 4.24. The highest BCUT2D eigenvalue weighted by atomic mass is 35.5. The summed E-state index contributed by atoms with van der Waals surface area (Å²) in [6.07, 6.45) is -0.378. The Hall–Kier alpha value is -3.67. The Morgan fingerprint density at radius 1 is 0.889 bits per heavy atom. The smallest absolute Gasteiger partial charge is 0.258 e. The van der Waals surface area contributed by atoms with E-state index in [1.807, 2.05) is 77.7 Å². The second-order valence-corrected chi connectivity index (χ2v) is 9.29. The van der Waals surface area contributed by atoms with E-state index in [-0.39, 0.29) is 18.7 Å². The lowest BCUT2D eigenvalue weighted by molar-refractivity contribution is 0.0666. The number of nitrogens with zero attached hydrogens (tertiary/aromatic N) is 1. The molecule has 0 saturated heterocycles. The summed E-state index contributed by atoms with van der Waals surface area (Å²) in [6, 6.07) is 28.5. The highest BCUT2D eigenvalue weighted by Gasteiger charge is 2.33. The summed E-state index contributed by atoms with van der Waals surface area (Å²) in [5.74, 6) is 1.18. The van der Waals surface area contributed by atoms with Crippen molar-refractivity contribution in [1.82, 2.24) is 4.90 Å². The number of methoxy groups -OCH3 is 1. The number of fused-ring (bicyclic) bond motifs is 1. The number of hydrogen-bond acceptors (Lipinski definition) is 4. The zero-order valence-electron chi connectivity index (χ0n) is 19.6. The minimum Gasteiger partial charge on any atom is -0.496 e. The molecular formula is C29H24Cl2N2O3. The van der Waals surface area contributed by atoms with Crippen molar-refractivity contribution >= 4 is 34.8 Å². The highest BCUT2D eigenvalue weighted by molar-refractivity contribution is 6.35. The molecule has 0 saturated carbocycles. The molecule has 1 aliphatic rings. The van der Waals surface area contributed by atoms with E-state index in [0.717, 1.165) is 22.4 Å². The van der Waals surface area contributed by atoms with Crippen LogP contribution in [-0.2, 0) is 13.2 Å². The first-order valence-corrected chi connectivity index (χ1v) is 12.2. The van der Waals surface area contributed by atoms with Gasteiger partial charge in [-0.2, -0.15) is 0 Å². The minimum atomic E-state index is -0.378. The van der Waals surface area contributed by atoms with E-state index in [0.29, 0.717) is 33.7 Å². The number of carbonyl (C=O) groups is 1. The topological polar surface area (TPSA) is 50.8 Å². The molecular weight excluding hydrogens is 495 g/mol. The fourth-order valence-corrected chi connectivity index (χ4v) is 4.79. The van der Waals surface area contributed by atoms with Crippen LogP contribution in [0.2, 0.25) is 10.0 Å². The summed E-state index contributed by atoms with van der Waals surface area (Å²) in [4.78, 5) is 15.4. The van der Waals surface area contributed by atoms with E-state index in [2.05, 4.69) is 5.32 Å². The van der Waals surface area contributed by atoms with Crippen molar-refractivity contribution in [3.8, 4) is 11.5 Å². The molecule has 0 bridgehead atoms. The molecule has 0 fully saturated rings. The molecule has 0 radical (unpaired) electrons. The van der Waals surface area contributed by atoms with Crippen LogP contribution >= 0.6 is 23.2 Å². The number of carbonyl (C=O) groups excluding carboxylic acids is 1. The average Bonchev–Trinajstić information content (AvgIpc) is 2.90. The van der Waals surface area contributed by atoms with E-state index < -0.39 is 0 Å². The van der Waals surface area contributed by atoms with Crippen LogP contribution in [0.3, 0.4) is 0 Å². The zero-order valence-corrected chi connectivity index (χ0v) is 21.1. The third-order valence-electron chi connectivity index (χ3n) is 6.12. The Morgan fingerprint density at radius 2 is 1.64 bits per heavy atom. The van der Waals surface area contributed by atoms with Crippen LogP contribution in [0.25, 0.3) is 0 Å². The number of ether oxygens (including phenoxy) is 2. The van der Waals surface area contributed by atoms with E-state index in [4.69, 9.17) is 32.7 Å². The second-order valence-electron chi connectivity index (χ2n) is 8.45. The zero-order chi connectivity index (χ0) is 25.1. The van der Waals surface area contributed by atoms with Gasteiger partial charge in [0.1, 0.15) is 24.3 Å². The van der Waals surface area contributed by atoms with E-state index in [1.54, 1.807) is 25.3 Å². The standard InChI is InChI=1S/C29H24Cl2N2O3/c1-35-26-13-11-20(15-21(26)18-36-27-14-12-22(30)16-24(27)31)28-32-25-10-6-5-9-23(25)29(34)33(28)17-19-7-3-2-4-8-19/h2-16,28,32H,17-18H2,1H3. The van der Waals surface area contributed by atoms with Gasteiger partial charge in [-0.1, -0.05) is 71.7 Å². The molecule has 5 rings (SSSR count). The second kappa shape index (κ2) is 10.5. The Balaban J connectivity index is 1.49. The van der Waals surface area contributed by atoms with Gasteiger partial charge in [0.05, 0.1) is 17.7 Å². The Bertz CT molecular complexity index is 1390. The number of nitrogens with one attached hydrogen (secondary N) is 1. The highest BCUT2D eigenvalue weighted by Crippen LogP contribution is 2.36. The van der Waals surface area contributed by atoms with Gasteiger partial charge < -0.3 is 19.7 Å². The van der Waals surface area contributed by atoms with Crippen LogP contribution in [0, 0.1) is 0 Å². The summed E-state index contributed by atoms with van der Waals surface area (Å²) < 4.78 is 11.6. The maximum Gasteiger partial charge on any atom is 0.258 e. The monoisotopic (exact) mass is 518 g/mol. The lowest BCUT2D eigenvalue weighted by Gasteiger charge is -2.38. The summed E-state index contributed by atoms with van der Waals surface area (Å²) in [7, 11) is 1.62. The molecule has 1 heterocycles. The average molecular weight is 519 g/mol. The van der Waals surface area contributed by atoms with Crippen molar-refractivity contribution in [2.45, 2.75) is 19.3 Å². The molecule has 1 atom stereocenters. The molecule has 1 unspecified atom stereocenters. The van der Waals surface area contributed by atoms with Crippen molar-refractivity contribution in [2.75, 3.05) is 12.4 Å². The number of para-hydroxylation sites is 1. The quantitative estimate of drug-likeness (QED) is 0.278. The fourth-order valence-electron chi connectivity index (χ4n) is 4.33. The molecule has 182 valence electrons. The van der Waals surface area contributed by atoms with Crippen molar-refractivity contribution in [3.63, 3.8) is 0 Å². The van der Waals surface area contributed by atoms with Crippen LogP contribution in [0.5, 0.6) is 11.5 Å². The van der Waals surface area contributed by atoms with Crippen LogP contribution < -0.4 is 14.8 Å². The number of anilines is 1. The largest absolute Gasteiger partial charge is 0.496 e. The normalized spacial score (nSPS) is 14.7. The molecule has 0 aromatic heterocycles. The van der Waals surface area contributed by atoms with Crippen LogP contribution in [-0.4, -0.2) is 17.9 Å². The number of benzene rings is 4. The first kappa shape index (κ1) is 24.0. The fraction of sp³-hybridized carbons (Fsp3) is 0.138. The summed E-state index contributed by atoms with van der Waals surface area (Å²) >= 11 is 12.3. The van der Waals surface area contributed by atoms with E-state index in [9.17, 15) is 4.79 Å². The molecule has 36 heavy (non-hydrogen) atoms. The molecule has 1 N–H and O–H groups in total. The molecule has 4 aromatic rings. The maximum absolute atomic E-state index is 13.6. The maximum atomic E-state index is 13.6. The number of amides is 1. The molecule has 7 heteroatoms. The number of hydrogen-bond donors (Lipinski definition) is 1. The first-order valence-electron chi connectivity index (χ1n) is 11.5. The van der Waals surface area contributed by atoms with Gasteiger partial charge in [0.15, 0.2) is 0 Å². The Labute approximate surface area is 220 Å². The van der Waals surface area contributed by atoms with Crippen molar-refractivity contribution < 1.29 is 14.3 Å². The predicted molar refractivity (Wildman–Crippen MR) is 143 cm³/mol. The SMILES string of the molecule is COc1ccc(C2Nc3ccccc3C(=O)N2Cc2ccccc2)cc1COc1ccc(Cl)cc1Cl. The summed E-state index contributed by atoms with van der Waals surface area (Å²) in [6.45, 7) is 0.693. The van der Waals surface area contributed by atoms with Gasteiger partial charge in [-0.25, -0.2) is 0 Å². The first-order chi connectivity index (χ1) is 17.5. The van der Waals surface area contributed by atoms with Crippen LogP contribution in [0.4, 0.5) is 5.69 Å². The lowest BCUT2D eigenvalue weighted by atomic mass is 10.0. The molecule has 1 aliphatic heterocycles. The molecule has 4 aromatic carbocycles. The Morgan fingerprint density at radius 3 is 2.42 bits per heavy atom.